The molecule has 0 fully saturated rings. The van der Waals surface area contributed by atoms with Crippen LogP contribution in [0.15, 0.2) is 48.7 Å². The van der Waals surface area contributed by atoms with E-state index >= 15 is 0 Å². The molecule has 27 heavy (non-hydrogen) atoms. The molecule has 7 nitrogen and oxygen atoms in total. The van der Waals surface area contributed by atoms with E-state index in [1.165, 1.54) is 18.2 Å². The smallest absolute Gasteiger partial charge is 0.273 e. The number of rotatable bonds is 5. The number of aryl methyl sites for hydroxylation is 1. The number of nitrogens with one attached hydrogen (secondary N) is 1. The van der Waals surface area contributed by atoms with Gasteiger partial charge in [-0.2, -0.15) is 5.10 Å². The molecule has 3 rings (SSSR count). The van der Waals surface area contributed by atoms with Gasteiger partial charge in [0.25, 0.3) is 11.6 Å². The second-order valence-corrected chi connectivity index (χ2v) is 6.67. The van der Waals surface area contributed by atoms with Gasteiger partial charge in [0.15, 0.2) is 5.82 Å². The predicted octanol–water partition coefficient (Wildman–Crippen LogP) is 4.71. The highest BCUT2D eigenvalue weighted by Gasteiger charge is 2.15. The first kappa shape index (κ1) is 18.9. The Hall–Kier alpha value is -2.90. The van der Waals surface area contributed by atoms with Gasteiger partial charge in [0, 0.05) is 29.5 Å². The number of carbonyl (C=O) groups is 1. The lowest BCUT2D eigenvalue weighted by atomic mass is 10.1. The van der Waals surface area contributed by atoms with E-state index in [2.05, 4.69) is 10.4 Å². The second kappa shape index (κ2) is 7.77. The fourth-order valence-corrected chi connectivity index (χ4v) is 2.80. The van der Waals surface area contributed by atoms with Crippen molar-refractivity contribution in [3.05, 3.63) is 85.5 Å². The molecule has 0 aliphatic heterocycles. The Kier molecular flexibility index (Phi) is 5.43. The molecule has 0 bridgehead atoms. The van der Waals surface area contributed by atoms with Crippen LogP contribution in [0, 0.1) is 17.0 Å². The van der Waals surface area contributed by atoms with Gasteiger partial charge in [-0.1, -0.05) is 35.3 Å². The van der Waals surface area contributed by atoms with Crippen LogP contribution < -0.4 is 5.32 Å². The van der Waals surface area contributed by atoms with Gasteiger partial charge in [0.1, 0.15) is 0 Å². The zero-order valence-electron chi connectivity index (χ0n) is 14.1. The lowest BCUT2D eigenvalue weighted by Crippen LogP contribution is -2.13. The summed E-state index contributed by atoms with van der Waals surface area (Å²) in [7, 11) is 0. The van der Waals surface area contributed by atoms with Gasteiger partial charge in [-0.15, -0.1) is 0 Å². The standard InChI is InChI=1S/C18H14Cl2N4O3/c1-11-2-4-13(9-16(11)24(26)27)18(25)21-17-6-7-23(22-17)10-12-3-5-14(19)15(20)8-12/h2-9H,10H2,1H3,(H,21,22,25). The molecule has 1 aromatic heterocycles. The molecule has 0 spiro atoms. The first-order valence-electron chi connectivity index (χ1n) is 7.87. The van der Waals surface area contributed by atoms with Gasteiger partial charge in [0.2, 0.25) is 0 Å². The van der Waals surface area contributed by atoms with Gasteiger partial charge in [-0.3, -0.25) is 19.6 Å². The minimum absolute atomic E-state index is 0.104. The zero-order chi connectivity index (χ0) is 19.6. The molecule has 1 N–H and O–H groups in total. The Bertz CT molecular complexity index is 1030. The normalized spacial score (nSPS) is 10.6. The molecule has 1 heterocycles. The first-order valence-corrected chi connectivity index (χ1v) is 8.63. The summed E-state index contributed by atoms with van der Waals surface area (Å²) in [6, 6.07) is 11.2. The van der Waals surface area contributed by atoms with Crippen LogP contribution in [0.2, 0.25) is 10.0 Å². The molecular weight excluding hydrogens is 391 g/mol. The number of benzene rings is 2. The minimum Gasteiger partial charge on any atom is -0.305 e. The third kappa shape index (κ3) is 4.45. The fourth-order valence-electron chi connectivity index (χ4n) is 2.48. The zero-order valence-corrected chi connectivity index (χ0v) is 15.7. The first-order chi connectivity index (χ1) is 12.8. The molecule has 0 radical (unpaired) electrons. The minimum atomic E-state index is -0.516. The van der Waals surface area contributed by atoms with Crippen molar-refractivity contribution >= 4 is 40.6 Å². The molecular formula is C18H14Cl2N4O3. The summed E-state index contributed by atoms with van der Waals surface area (Å²) in [6.45, 7) is 2.06. The summed E-state index contributed by atoms with van der Waals surface area (Å²) in [5.74, 6) is -0.138. The van der Waals surface area contributed by atoms with E-state index in [9.17, 15) is 14.9 Å². The molecule has 138 valence electrons. The molecule has 9 heteroatoms. The van der Waals surface area contributed by atoms with Crippen LogP contribution in [0.5, 0.6) is 0 Å². The highest BCUT2D eigenvalue weighted by Crippen LogP contribution is 2.23. The molecule has 1 amide bonds. The van der Waals surface area contributed by atoms with E-state index in [0.29, 0.717) is 28.0 Å². The number of nitrogens with zero attached hydrogens (tertiary/aromatic N) is 3. The average molecular weight is 405 g/mol. The van der Waals surface area contributed by atoms with E-state index in [1.807, 2.05) is 6.07 Å². The largest absolute Gasteiger partial charge is 0.305 e. The summed E-state index contributed by atoms with van der Waals surface area (Å²) in [5, 5.41) is 18.8. The molecule has 0 aliphatic carbocycles. The summed E-state index contributed by atoms with van der Waals surface area (Å²) >= 11 is 11.9. The van der Waals surface area contributed by atoms with Crippen LogP contribution in [0.3, 0.4) is 0 Å². The second-order valence-electron chi connectivity index (χ2n) is 5.86. The van der Waals surface area contributed by atoms with Crippen LogP contribution >= 0.6 is 23.2 Å². The van der Waals surface area contributed by atoms with Gasteiger partial charge in [-0.05, 0) is 30.7 Å². The Balaban J connectivity index is 1.72. The highest BCUT2D eigenvalue weighted by atomic mass is 35.5. The molecule has 3 aromatic rings. The number of nitro groups is 1. The van der Waals surface area contributed by atoms with Crippen LogP contribution in [0.4, 0.5) is 11.5 Å². The van der Waals surface area contributed by atoms with E-state index in [4.69, 9.17) is 23.2 Å². The van der Waals surface area contributed by atoms with Crippen molar-refractivity contribution in [3.8, 4) is 0 Å². The number of hydrogen-bond acceptors (Lipinski definition) is 4. The molecule has 0 unspecified atom stereocenters. The van der Waals surface area contributed by atoms with Crippen molar-refractivity contribution in [1.29, 1.82) is 0 Å². The lowest BCUT2D eigenvalue weighted by molar-refractivity contribution is -0.385. The number of halogens is 2. The maximum atomic E-state index is 12.3. The summed E-state index contributed by atoms with van der Waals surface area (Å²) < 4.78 is 1.63. The van der Waals surface area contributed by atoms with Crippen molar-refractivity contribution in [3.63, 3.8) is 0 Å². The molecule has 0 saturated heterocycles. The average Bonchev–Trinajstić information content (AvgIpc) is 3.05. The number of amides is 1. The van der Waals surface area contributed by atoms with E-state index in [0.717, 1.165) is 5.56 Å². The summed E-state index contributed by atoms with van der Waals surface area (Å²) in [5.41, 5.74) is 1.47. The topological polar surface area (TPSA) is 90.1 Å². The molecule has 0 saturated carbocycles. The third-order valence-corrected chi connectivity index (χ3v) is 4.62. The predicted molar refractivity (Wildman–Crippen MR) is 104 cm³/mol. The Morgan fingerprint density at radius 3 is 2.67 bits per heavy atom. The van der Waals surface area contributed by atoms with Gasteiger partial charge >= 0.3 is 0 Å². The highest BCUT2D eigenvalue weighted by molar-refractivity contribution is 6.42. The molecule has 2 aromatic carbocycles. The van der Waals surface area contributed by atoms with Crippen molar-refractivity contribution in [1.82, 2.24) is 9.78 Å². The maximum absolute atomic E-state index is 12.3. The Labute approximate surface area is 164 Å². The Morgan fingerprint density at radius 1 is 1.19 bits per heavy atom. The quantitative estimate of drug-likeness (QED) is 0.492. The van der Waals surface area contributed by atoms with Crippen molar-refractivity contribution in [2.24, 2.45) is 0 Å². The SMILES string of the molecule is Cc1ccc(C(=O)Nc2ccn(Cc3ccc(Cl)c(Cl)c3)n2)cc1[N+](=O)[O-]. The van der Waals surface area contributed by atoms with Gasteiger partial charge in [0.05, 0.1) is 21.5 Å². The van der Waals surface area contributed by atoms with Crippen molar-refractivity contribution in [2.45, 2.75) is 13.5 Å². The molecule has 0 atom stereocenters. The van der Waals surface area contributed by atoms with Crippen molar-refractivity contribution < 1.29 is 9.72 Å². The summed E-state index contributed by atoms with van der Waals surface area (Å²) in [6.07, 6.45) is 1.70. The number of nitro benzene ring substituents is 1. The monoisotopic (exact) mass is 404 g/mol. The maximum Gasteiger partial charge on any atom is 0.273 e. The number of anilines is 1. The van der Waals surface area contributed by atoms with Crippen LogP contribution in [0.25, 0.3) is 0 Å². The van der Waals surface area contributed by atoms with E-state index in [1.54, 1.807) is 36.0 Å². The molecule has 0 aliphatic rings. The fraction of sp³-hybridized carbons (Fsp3) is 0.111. The number of carbonyl (C=O) groups excluding carboxylic acids is 1. The van der Waals surface area contributed by atoms with Gasteiger partial charge in [-0.25, -0.2) is 0 Å². The number of aromatic nitrogens is 2. The number of hydrogen-bond donors (Lipinski definition) is 1. The van der Waals surface area contributed by atoms with Gasteiger partial charge < -0.3 is 5.32 Å². The van der Waals surface area contributed by atoms with E-state index in [-0.39, 0.29) is 11.3 Å². The Morgan fingerprint density at radius 2 is 1.96 bits per heavy atom. The van der Waals surface area contributed by atoms with Crippen molar-refractivity contribution in [2.75, 3.05) is 5.32 Å². The van der Waals surface area contributed by atoms with Crippen LogP contribution in [-0.2, 0) is 6.54 Å². The third-order valence-electron chi connectivity index (χ3n) is 3.88. The summed E-state index contributed by atoms with van der Waals surface area (Å²) in [4.78, 5) is 22.8. The lowest BCUT2D eigenvalue weighted by Gasteiger charge is -2.05. The van der Waals surface area contributed by atoms with Crippen LogP contribution in [-0.4, -0.2) is 20.6 Å². The van der Waals surface area contributed by atoms with E-state index < -0.39 is 10.8 Å². The van der Waals surface area contributed by atoms with Crippen LogP contribution in [0.1, 0.15) is 21.5 Å².